The molecular formula is C12H21ClN2O2S. The normalized spacial score (nSPS) is 11.7. The Morgan fingerprint density at radius 3 is 2.83 bits per heavy atom. The highest BCUT2D eigenvalue weighted by Crippen LogP contribution is 2.17. The van der Waals surface area contributed by atoms with Crippen molar-refractivity contribution in [2.45, 2.75) is 12.8 Å². The van der Waals surface area contributed by atoms with Gasteiger partial charge in [0.25, 0.3) is 0 Å². The molecule has 0 aliphatic rings. The summed E-state index contributed by atoms with van der Waals surface area (Å²) < 4.78 is 4.91. The lowest BCUT2D eigenvalue weighted by Crippen LogP contribution is -2.35. The van der Waals surface area contributed by atoms with Crippen LogP contribution in [-0.4, -0.2) is 39.3 Å². The Hall–Kier alpha value is -0.620. The van der Waals surface area contributed by atoms with E-state index in [0.29, 0.717) is 13.2 Å². The minimum Gasteiger partial charge on any atom is -0.383 e. The van der Waals surface area contributed by atoms with E-state index in [-0.39, 0.29) is 24.2 Å². The summed E-state index contributed by atoms with van der Waals surface area (Å²) in [5, 5.41) is 10.1. The van der Waals surface area contributed by atoms with E-state index in [1.54, 1.807) is 18.4 Å². The van der Waals surface area contributed by atoms with Crippen molar-refractivity contribution in [3.63, 3.8) is 0 Å². The average molecular weight is 293 g/mol. The van der Waals surface area contributed by atoms with Gasteiger partial charge in [-0.05, 0) is 29.3 Å². The fraction of sp³-hybridized carbons (Fsp3) is 0.583. The molecule has 4 nitrogen and oxygen atoms in total. The van der Waals surface area contributed by atoms with E-state index in [0.717, 1.165) is 18.7 Å². The number of amides is 1. The van der Waals surface area contributed by atoms with Crippen molar-refractivity contribution >= 4 is 29.7 Å². The van der Waals surface area contributed by atoms with Gasteiger partial charge in [-0.1, -0.05) is 0 Å². The molecule has 1 unspecified atom stereocenters. The van der Waals surface area contributed by atoms with Crippen molar-refractivity contribution in [1.29, 1.82) is 0 Å². The lowest BCUT2D eigenvalue weighted by atomic mass is 10.0. The summed E-state index contributed by atoms with van der Waals surface area (Å²) in [6.07, 6.45) is 0. The summed E-state index contributed by atoms with van der Waals surface area (Å²) in [4.78, 5) is 11.8. The van der Waals surface area contributed by atoms with Gasteiger partial charge in [0.05, 0.1) is 12.5 Å². The molecule has 1 aromatic rings. The molecule has 0 bridgehead atoms. The molecule has 0 aliphatic carbocycles. The van der Waals surface area contributed by atoms with Gasteiger partial charge in [-0.25, -0.2) is 0 Å². The minimum atomic E-state index is -0.0692. The van der Waals surface area contributed by atoms with E-state index in [4.69, 9.17) is 4.74 Å². The number of nitrogens with one attached hydrogen (secondary N) is 2. The first-order valence-corrected chi connectivity index (χ1v) is 6.69. The maximum atomic E-state index is 11.8. The van der Waals surface area contributed by atoms with E-state index in [1.165, 1.54) is 0 Å². The molecule has 2 N–H and O–H groups in total. The highest BCUT2D eigenvalue weighted by molar-refractivity contribution is 7.08. The van der Waals surface area contributed by atoms with Crippen LogP contribution in [0.25, 0.3) is 0 Å². The zero-order valence-corrected chi connectivity index (χ0v) is 12.4. The number of methoxy groups -OCH3 is 1. The smallest absolute Gasteiger partial charge is 0.227 e. The van der Waals surface area contributed by atoms with Crippen LogP contribution >= 0.6 is 23.7 Å². The topological polar surface area (TPSA) is 50.4 Å². The Morgan fingerprint density at radius 1 is 1.44 bits per heavy atom. The summed E-state index contributed by atoms with van der Waals surface area (Å²) in [6, 6.07) is 1.99. The molecule has 104 valence electrons. The fourth-order valence-corrected chi connectivity index (χ4v) is 2.15. The minimum absolute atomic E-state index is 0. The predicted octanol–water partition coefficient (Wildman–Crippen LogP) is 1.63. The van der Waals surface area contributed by atoms with E-state index in [1.807, 2.05) is 23.8 Å². The zero-order valence-electron chi connectivity index (χ0n) is 10.8. The van der Waals surface area contributed by atoms with E-state index in [2.05, 4.69) is 10.6 Å². The molecule has 1 aromatic heterocycles. The predicted molar refractivity (Wildman–Crippen MR) is 77.7 cm³/mol. The fourth-order valence-electron chi connectivity index (χ4n) is 1.40. The van der Waals surface area contributed by atoms with Crippen molar-refractivity contribution < 1.29 is 9.53 Å². The molecule has 0 radical (unpaired) electrons. The first-order chi connectivity index (χ1) is 8.25. The quantitative estimate of drug-likeness (QED) is 0.716. The molecule has 1 atom stereocenters. The number of ether oxygens (including phenoxy) is 1. The molecule has 18 heavy (non-hydrogen) atoms. The highest BCUT2D eigenvalue weighted by Gasteiger charge is 2.14. The summed E-state index contributed by atoms with van der Waals surface area (Å²) in [7, 11) is 1.67. The molecule has 0 spiro atoms. The summed E-state index contributed by atoms with van der Waals surface area (Å²) in [6.45, 7) is 4.85. The van der Waals surface area contributed by atoms with Crippen LogP contribution in [0.15, 0.2) is 16.8 Å². The van der Waals surface area contributed by atoms with E-state index in [9.17, 15) is 4.79 Å². The van der Waals surface area contributed by atoms with Gasteiger partial charge < -0.3 is 15.4 Å². The third-order valence-electron chi connectivity index (χ3n) is 2.52. The van der Waals surface area contributed by atoms with Crippen LogP contribution in [0, 0.1) is 0 Å². The van der Waals surface area contributed by atoms with Crippen LogP contribution in [0.3, 0.4) is 0 Å². The number of hydrogen-bond donors (Lipinski definition) is 2. The van der Waals surface area contributed by atoms with Crippen molar-refractivity contribution in [2.24, 2.45) is 0 Å². The van der Waals surface area contributed by atoms with Gasteiger partial charge in [0.1, 0.15) is 0 Å². The Labute approximate surface area is 119 Å². The maximum Gasteiger partial charge on any atom is 0.227 e. The van der Waals surface area contributed by atoms with Crippen molar-refractivity contribution in [3.05, 3.63) is 22.4 Å². The van der Waals surface area contributed by atoms with Crippen LogP contribution in [0.4, 0.5) is 0 Å². The van der Waals surface area contributed by atoms with Crippen LogP contribution in [-0.2, 0) is 9.53 Å². The molecule has 0 fully saturated rings. The number of hydrogen-bond acceptors (Lipinski definition) is 4. The third-order valence-corrected chi connectivity index (χ3v) is 3.22. The second-order valence-corrected chi connectivity index (χ2v) is 4.59. The molecular weight excluding hydrogens is 272 g/mol. The van der Waals surface area contributed by atoms with Gasteiger partial charge in [-0.3, -0.25) is 4.79 Å². The lowest BCUT2D eigenvalue weighted by molar-refractivity contribution is -0.122. The Bertz CT molecular complexity index is 320. The van der Waals surface area contributed by atoms with E-state index < -0.39 is 0 Å². The van der Waals surface area contributed by atoms with E-state index >= 15 is 0 Å². The summed E-state index contributed by atoms with van der Waals surface area (Å²) in [5.74, 6) is 0.0113. The third kappa shape index (κ3) is 6.35. The Morgan fingerprint density at radius 2 is 2.22 bits per heavy atom. The van der Waals surface area contributed by atoms with Crippen LogP contribution < -0.4 is 10.6 Å². The average Bonchev–Trinajstić information content (AvgIpc) is 2.86. The van der Waals surface area contributed by atoms with Crippen LogP contribution in [0.1, 0.15) is 18.4 Å². The second kappa shape index (κ2) is 10.3. The second-order valence-electron chi connectivity index (χ2n) is 3.81. The van der Waals surface area contributed by atoms with Gasteiger partial charge >= 0.3 is 0 Å². The van der Waals surface area contributed by atoms with Gasteiger partial charge in [-0.2, -0.15) is 11.3 Å². The van der Waals surface area contributed by atoms with Gasteiger partial charge in [-0.15, -0.1) is 12.4 Å². The van der Waals surface area contributed by atoms with Crippen LogP contribution in [0.2, 0.25) is 0 Å². The Kier molecular flexibility index (Phi) is 9.96. The SMILES string of the molecule is COCCNCCNC(=O)C(C)c1ccsc1.Cl. The lowest BCUT2D eigenvalue weighted by Gasteiger charge is -2.11. The first kappa shape index (κ1) is 17.4. The number of halogens is 1. The molecule has 0 saturated carbocycles. The molecule has 1 heterocycles. The molecule has 1 rings (SSSR count). The number of carbonyl (C=O) groups excluding carboxylic acids is 1. The first-order valence-electron chi connectivity index (χ1n) is 5.75. The van der Waals surface area contributed by atoms with Gasteiger partial charge in [0.2, 0.25) is 5.91 Å². The Balaban J connectivity index is 0.00000289. The van der Waals surface area contributed by atoms with Gasteiger partial charge in [0, 0.05) is 26.7 Å². The van der Waals surface area contributed by atoms with Crippen molar-refractivity contribution in [3.8, 4) is 0 Å². The molecule has 0 aliphatic heterocycles. The highest BCUT2D eigenvalue weighted by atomic mass is 35.5. The zero-order chi connectivity index (χ0) is 12.5. The summed E-state index contributed by atoms with van der Waals surface area (Å²) in [5.41, 5.74) is 1.08. The molecule has 6 heteroatoms. The molecule has 0 saturated heterocycles. The number of rotatable bonds is 8. The number of carbonyl (C=O) groups is 1. The van der Waals surface area contributed by atoms with Gasteiger partial charge in [0.15, 0.2) is 0 Å². The van der Waals surface area contributed by atoms with Crippen LogP contribution in [0.5, 0.6) is 0 Å². The molecule has 1 amide bonds. The van der Waals surface area contributed by atoms with Crippen molar-refractivity contribution in [1.82, 2.24) is 10.6 Å². The monoisotopic (exact) mass is 292 g/mol. The largest absolute Gasteiger partial charge is 0.383 e. The molecule has 0 aromatic carbocycles. The standard InChI is InChI=1S/C12H20N2O2S.ClH/c1-10(11-3-8-17-9-11)12(15)14-5-4-13-6-7-16-2;/h3,8-10,13H,4-7H2,1-2H3,(H,14,15);1H. The van der Waals surface area contributed by atoms with Crippen molar-refractivity contribution in [2.75, 3.05) is 33.4 Å². The number of thiophene rings is 1. The maximum absolute atomic E-state index is 11.8. The summed E-state index contributed by atoms with van der Waals surface area (Å²) >= 11 is 1.62.